The molecule has 4 nitrogen and oxygen atoms in total. The molecule has 7 heteroatoms. The van der Waals surface area contributed by atoms with Crippen molar-refractivity contribution >= 4 is 48.9 Å². The van der Waals surface area contributed by atoms with Gasteiger partial charge in [-0.1, -0.05) is 15.9 Å². The number of halogens is 3. The molecule has 0 aliphatic heterocycles. The third-order valence-corrected chi connectivity index (χ3v) is 3.49. The molecule has 0 saturated heterocycles. The van der Waals surface area contributed by atoms with Crippen LogP contribution >= 0.6 is 31.9 Å². The quantitative estimate of drug-likeness (QED) is 0.593. The van der Waals surface area contributed by atoms with Crippen LogP contribution in [-0.2, 0) is 0 Å². The second-order valence-electron chi connectivity index (χ2n) is 3.70. The predicted molar refractivity (Wildman–Crippen MR) is 78.2 cm³/mol. The molecule has 19 heavy (non-hydrogen) atoms. The highest BCUT2D eigenvalue weighted by atomic mass is 79.9. The van der Waals surface area contributed by atoms with Crippen molar-refractivity contribution in [2.75, 3.05) is 5.32 Å². The second-order valence-corrected chi connectivity index (χ2v) is 5.47. The number of nitro benzene ring substituents is 1. The highest BCUT2D eigenvalue weighted by Gasteiger charge is 2.10. The van der Waals surface area contributed by atoms with Gasteiger partial charge in [0, 0.05) is 20.7 Å². The zero-order valence-electron chi connectivity index (χ0n) is 9.36. The van der Waals surface area contributed by atoms with Gasteiger partial charge in [-0.05, 0) is 40.2 Å². The molecule has 0 unspecified atom stereocenters. The normalized spacial score (nSPS) is 10.3. The van der Waals surface area contributed by atoms with Gasteiger partial charge < -0.3 is 5.32 Å². The summed E-state index contributed by atoms with van der Waals surface area (Å²) in [6.45, 7) is 0. The molecule has 2 aromatic rings. The molecule has 0 saturated carbocycles. The lowest BCUT2D eigenvalue weighted by atomic mass is 10.2. The third-order valence-electron chi connectivity index (χ3n) is 2.30. The first-order valence-electron chi connectivity index (χ1n) is 5.13. The van der Waals surface area contributed by atoms with Crippen LogP contribution in [0.3, 0.4) is 0 Å². The van der Waals surface area contributed by atoms with Gasteiger partial charge in [0.2, 0.25) is 0 Å². The summed E-state index contributed by atoms with van der Waals surface area (Å²) in [4.78, 5) is 10.0. The summed E-state index contributed by atoms with van der Waals surface area (Å²) in [5.41, 5.74) is 0.688. The summed E-state index contributed by atoms with van der Waals surface area (Å²) in [6, 6.07) is 8.77. The Hall–Kier alpha value is -1.47. The number of non-ortho nitro benzene ring substituents is 1. The molecular weight excluding hydrogens is 383 g/mol. The van der Waals surface area contributed by atoms with Crippen LogP contribution in [0.25, 0.3) is 0 Å². The van der Waals surface area contributed by atoms with Gasteiger partial charge in [-0.3, -0.25) is 10.1 Å². The van der Waals surface area contributed by atoms with E-state index in [4.69, 9.17) is 0 Å². The second kappa shape index (κ2) is 5.66. The Morgan fingerprint density at radius 1 is 1.16 bits per heavy atom. The number of nitrogens with one attached hydrogen (secondary N) is 1. The van der Waals surface area contributed by atoms with E-state index in [1.54, 1.807) is 12.1 Å². The first-order chi connectivity index (χ1) is 8.95. The molecule has 0 bridgehead atoms. The number of nitro groups is 1. The van der Waals surface area contributed by atoms with Crippen LogP contribution < -0.4 is 5.32 Å². The molecule has 0 atom stereocenters. The Morgan fingerprint density at radius 3 is 2.58 bits per heavy atom. The van der Waals surface area contributed by atoms with Crippen LogP contribution in [0.2, 0.25) is 0 Å². The molecule has 2 rings (SSSR count). The number of benzene rings is 2. The zero-order chi connectivity index (χ0) is 14.0. The monoisotopic (exact) mass is 388 g/mol. The molecule has 0 aliphatic rings. The highest BCUT2D eigenvalue weighted by molar-refractivity contribution is 9.11. The van der Waals surface area contributed by atoms with Crippen molar-refractivity contribution in [1.82, 2.24) is 0 Å². The summed E-state index contributed by atoms with van der Waals surface area (Å²) < 4.78 is 14.9. The number of nitrogens with zero attached hydrogens (tertiary/aromatic N) is 1. The van der Waals surface area contributed by atoms with E-state index in [0.29, 0.717) is 11.4 Å². The van der Waals surface area contributed by atoms with Crippen molar-refractivity contribution in [3.63, 3.8) is 0 Å². The highest BCUT2D eigenvalue weighted by Crippen LogP contribution is 2.30. The molecule has 1 N–H and O–H groups in total. The van der Waals surface area contributed by atoms with Gasteiger partial charge in [0.05, 0.1) is 16.7 Å². The van der Waals surface area contributed by atoms with Crippen LogP contribution in [0.1, 0.15) is 0 Å². The number of hydrogen-bond donors (Lipinski definition) is 1. The SMILES string of the molecule is O=[N+]([O-])c1cc(F)cc(Nc2cc(Br)ccc2Br)c1. The topological polar surface area (TPSA) is 55.2 Å². The molecule has 0 amide bonds. The average molecular weight is 390 g/mol. The lowest BCUT2D eigenvalue weighted by Crippen LogP contribution is -1.95. The van der Waals surface area contributed by atoms with Gasteiger partial charge in [-0.25, -0.2) is 4.39 Å². The molecule has 0 aromatic heterocycles. The minimum Gasteiger partial charge on any atom is -0.354 e. The fraction of sp³-hybridized carbons (Fsp3) is 0. The van der Waals surface area contributed by atoms with Gasteiger partial charge >= 0.3 is 0 Å². The Labute approximate surface area is 125 Å². The fourth-order valence-electron chi connectivity index (χ4n) is 1.50. The maximum absolute atomic E-state index is 13.3. The predicted octanol–water partition coefficient (Wildman–Crippen LogP) is 5.00. The van der Waals surface area contributed by atoms with E-state index in [1.807, 2.05) is 6.07 Å². The van der Waals surface area contributed by atoms with Gasteiger partial charge in [0.15, 0.2) is 0 Å². The minimum atomic E-state index is -0.664. The number of hydrogen-bond acceptors (Lipinski definition) is 3. The third kappa shape index (κ3) is 3.51. The number of anilines is 2. The molecular formula is C12H7Br2FN2O2. The summed E-state index contributed by atoms with van der Waals surface area (Å²) in [6.07, 6.45) is 0. The molecule has 0 aliphatic carbocycles. The molecule has 0 radical (unpaired) electrons. The summed E-state index contributed by atoms with van der Waals surface area (Å²) in [5, 5.41) is 13.6. The van der Waals surface area contributed by atoms with Crippen LogP contribution in [0.15, 0.2) is 45.3 Å². The van der Waals surface area contributed by atoms with E-state index in [1.165, 1.54) is 12.1 Å². The lowest BCUT2D eigenvalue weighted by Gasteiger charge is -2.09. The molecule has 98 valence electrons. The van der Waals surface area contributed by atoms with Crippen LogP contribution in [0.5, 0.6) is 0 Å². The summed E-state index contributed by atoms with van der Waals surface area (Å²) >= 11 is 6.66. The van der Waals surface area contributed by atoms with E-state index in [2.05, 4.69) is 37.2 Å². The zero-order valence-corrected chi connectivity index (χ0v) is 12.5. The van der Waals surface area contributed by atoms with Crippen molar-refractivity contribution in [3.8, 4) is 0 Å². The maximum Gasteiger partial charge on any atom is 0.274 e. The Bertz CT molecular complexity index is 650. The van der Waals surface area contributed by atoms with Gasteiger partial charge in [0.25, 0.3) is 5.69 Å². The maximum atomic E-state index is 13.3. The average Bonchev–Trinajstić information content (AvgIpc) is 2.33. The molecule has 0 heterocycles. The Morgan fingerprint density at radius 2 is 1.89 bits per heavy atom. The van der Waals surface area contributed by atoms with Crippen molar-refractivity contribution in [1.29, 1.82) is 0 Å². The van der Waals surface area contributed by atoms with E-state index in [9.17, 15) is 14.5 Å². The largest absolute Gasteiger partial charge is 0.354 e. The first-order valence-corrected chi connectivity index (χ1v) is 6.71. The summed E-state index contributed by atoms with van der Waals surface area (Å²) in [7, 11) is 0. The van der Waals surface area contributed by atoms with Crippen molar-refractivity contribution in [2.24, 2.45) is 0 Å². The van der Waals surface area contributed by atoms with Gasteiger partial charge in [-0.15, -0.1) is 0 Å². The lowest BCUT2D eigenvalue weighted by molar-refractivity contribution is -0.385. The van der Waals surface area contributed by atoms with E-state index in [0.717, 1.165) is 15.0 Å². The Kier molecular flexibility index (Phi) is 4.16. The molecule has 2 aromatic carbocycles. The van der Waals surface area contributed by atoms with E-state index >= 15 is 0 Å². The summed E-state index contributed by atoms with van der Waals surface area (Å²) in [5.74, 6) is -0.664. The smallest absolute Gasteiger partial charge is 0.274 e. The minimum absolute atomic E-state index is 0.298. The number of rotatable bonds is 3. The molecule has 0 fully saturated rings. The van der Waals surface area contributed by atoms with Crippen LogP contribution in [-0.4, -0.2) is 4.92 Å². The fourth-order valence-corrected chi connectivity index (χ4v) is 2.21. The van der Waals surface area contributed by atoms with Crippen molar-refractivity contribution in [3.05, 3.63) is 61.3 Å². The first kappa shape index (κ1) is 14.0. The van der Waals surface area contributed by atoms with Gasteiger partial charge in [0.1, 0.15) is 5.82 Å². The van der Waals surface area contributed by atoms with E-state index in [-0.39, 0.29) is 5.69 Å². The van der Waals surface area contributed by atoms with Crippen molar-refractivity contribution < 1.29 is 9.31 Å². The standard InChI is InChI=1S/C12H7Br2FN2O2/c13-7-1-2-11(14)12(3-7)16-9-4-8(15)5-10(6-9)17(18)19/h1-6,16H. The van der Waals surface area contributed by atoms with E-state index < -0.39 is 10.7 Å². The van der Waals surface area contributed by atoms with Crippen LogP contribution in [0.4, 0.5) is 21.5 Å². The Balaban J connectivity index is 2.38. The van der Waals surface area contributed by atoms with Crippen LogP contribution in [0, 0.1) is 15.9 Å². The molecule has 0 spiro atoms. The van der Waals surface area contributed by atoms with Gasteiger partial charge in [-0.2, -0.15) is 0 Å². The van der Waals surface area contributed by atoms with Crippen molar-refractivity contribution in [2.45, 2.75) is 0 Å².